The molecule has 0 aliphatic heterocycles. The van der Waals surface area contributed by atoms with Gasteiger partial charge < -0.3 is 10.1 Å². The van der Waals surface area contributed by atoms with E-state index >= 15 is 0 Å². The number of rotatable bonds is 5. The molecule has 0 spiro atoms. The van der Waals surface area contributed by atoms with Crippen LogP contribution in [0.5, 0.6) is 5.75 Å². The number of benzene rings is 1. The Kier molecular flexibility index (Phi) is 5.63. The molecule has 0 saturated heterocycles. The highest BCUT2D eigenvalue weighted by Crippen LogP contribution is 2.23. The molecule has 0 aromatic heterocycles. The number of amides is 1. The SMILES string of the molecule is CC(CNC(=O)CBr)Oc1ccccc1Cl. The Hall–Kier alpha value is -0.740. The van der Waals surface area contributed by atoms with E-state index in [4.69, 9.17) is 16.3 Å². The van der Waals surface area contributed by atoms with Crippen LogP contribution in [0.4, 0.5) is 0 Å². The number of halogens is 2. The van der Waals surface area contributed by atoms with Gasteiger partial charge in [0.15, 0.2) is 0 Å². The van der Waals surface area contributed by atoms with E-state index in [0.717, 1.165) is 0 Å². The lowest BCUT2D eigenvalue weighted by Gasteiger charge is -2.15. The van der Waals surface area contributed by atoms with Crippen LogP contribution in [-0.4, -0.2) is 23.9 Å². The number of hydrogen-bond donors (Lipinski definition) is 1. The van der Waals surface area contributed by atoms with E-state index < -0.39 is 0 Å². The summed E-state index contributed by atoms with van der Waals surface area (Å²) in [6.07, 6.45) is -0.122. The monoisotopic (exact) mass is 305 g/mol. The van der Waals surface area contributed by atoms with Crippen molar-refractivity contribution in [2.75, 3.05) is 11.9 Å². The average molecular weight is 307 g/mol. The van der Waals surface area contributed by atoms with Crippen molar-refractivity contribution in [1.29, 1.82) is 0 Å². The van der Waals surface area contributed by atoms with Crippen LogP contribution in [-0.2, 0) is 4.79 Å². The lowest BCUT2D eigenvalue weighted by atomic mass is 10.3. The number of hydrogen-bond acceptors (Lipinski definition) is 2. The number of carbonyl (C=O) groups excluding carboxylic acids is 1. The second kappa shape index (κ2) is 6.76. The molecule has 1 atom stereocenters. The van der Waals surface area contributed by atoms with Crippen LogP contribution in [0.25, 0.3) is 0 Å². The highest BCUT2D eigenvalue weighted by atomic mass is 79.9. The minimum atomic E-state index is -0.122. The summed E-state index contributed by atoms with van der Waals surface area (Å²) < 4.78 is 5.58. The van der Waals surface area contributed by atoms with E-state index in [2.05, 4.69) is 21.2 Å². The molecular weight excluding hydrogens is 293 g/mol. The summed E-state index contributed by atoms with van der Waals surface area (Å²) in [6.45, 7) is 2.33. The maximum atomic E-state index is 11.0. The Morgan fingerprint density at radius 3 is 2.88 bits per heavy atom. The van der Waals surface area contributed by atoms with Crippen molar-refractivity contribution in [2.45, 2.75) is 13.0 Å². The lowest BCUT2D eigenvalue weighted by molar-refractivity contribution is -0.118. The standard InChI is InChI=1S/C11H13BrClNO2/c1-8(7-14-11(15)6-12)16-10-5-3-2-4-9(10)13/h2-5,8H,6-7H2,1H3,(H,14,15). The smallest absolute Gasteiger partial charge is 0.230 e. The molecule has 0 saturated carbocycles. The van der Waals surface area contributed by atoms with Crippen molar-refractivity contribution in [3.63, 3.8) is 0 Å². The summed E-state index contributed by atoms with van der Waals surface area (Å²) in [6, 6.07) is 7.25. The molecule has 1 amide bonds. The second-order valence-corrected chi connectivity index (χ2v) is 4.26. The maximum absolute atomic E-state index is 11.0. The molecule has 5 heteroatoms. The first-order valence-electron chi connectivity index (χ1n) is 4.87. The molecule has 0 fully saturated rings. The zero-order valence-corrected chi connectivity index (χ0v) is 11.2. The largest absolute Gasteiger partial charge is 0.487 e. The molecule has 88 valence electrons. The maximum Gasteiger partial charge on any atom is 0.230 e. The van der Waals surface area contributed by atoms with Crippen molar-refractivity contribution in [2.24, 2.45) is 0 Å². The van der Waals surface area contributed by atoms with Crippen LogP contribution in [0.1, 0.15) is 6.92 Å². The van der Waals surface area contributed by atoms with Crippen LogP contribution in [0.15, 0.2) is 24.3 Å². The van der Waals surface area contributed by atoms with Gasteiger partial charge in [-0.25, -0.2) is 0 Å². The van der Waals surface area contributed by atoms with E-state index in [9.17, 15) is 4.79 Å². The minimum absolute atomic E-state index is 0.0605. The number of carbonyl (C=O) groups is 1. The Morgan fingerprint density at radius 1 is 1.56 bits per heavy atom. The van der Waals surface area contributed by atoms with Crippen molar-refractivity contribution >= 4 is 33.4 Å². The van der Waals surface area contributed by atoms with Crippen LogP contribution in [0.3, 0.4) is 0 Å². The topological polar surface area (TPSA) is 38.3 Å². The van der Waals surface area contributed by atoms with Gasteiger partial charge in [0.2, 0.25) is 5.91 Å². The first kappa shape index (κ1) is 13.3. The second-order valence-electron chi connectivity index (χ2n) is 3.30. The van der Waals surface area contributed by atoms with Gasteiger partial charge in [0.25, 0.3) is 0 Å². The fourth-order valence-electron chi connectivity index (χ4n) is 1.10. The third-order valence-corrected chi connectivity index (χ3v) is 2.69. The van der Waals surface area contributed by atoms with Crippen LogP contribution in [0.2, 0.25) is 5.02 Å². The first-order chi connectivity index (χ1) is 7.63. The van der Waals surface area contributed by atoms with E-state index in [1.807, 2.05) is 19.1 Å². The number of ether oxygens (including phenoxy) is 1. The fourth-order valence-corrected chi connectivity index (χ4v) is 1.48. The summed E-state index contributed by atoms with van der Waals surface area (Å²) in [5, 5.41) is 3.59. The summed E-state index contributed by atoms with van der Waals surface area (Å²) in [4.78, 5) is 11.0. The molecule has 1 aromatic rings. The molecule has 0 aliphatic rings. The van der Waals surface area contributed by atoms with E-state index in [0.29, 0.717) is 22.6 Å². The molecule has 1 unspecified atom stereocenters. The summed E-state index contributed by atoms with van der Waals surface area (Å²) >= 11 is 9.01. The summed E-state index contributed by atoms with van der Waals surface area (Å²) in [5.74, 6) is 0.569. The molecule has 0 aliphatic carbocycles. The molecule has 16 heavy (non-hydrogen) atoms. The van der Waals surface area contributed by atoms with Gasteiger partial charge in [-0.2, -0.15) is 0 Å². The van der Waals surface area contributed by atoms with Crippen molar-refractivity contribution in [3.05, 3.63) is 29.3 Å². The van der Waals surface area contributed by atoms with Crippen molar-refractivity contribution in [1.82, 2.24) is 5.32 Å². The molecule has 1 rings (SSSR count). The fraction of sp³-hybridized carbons (Fsp3) is 0.364. The van der Waals surface area contributed by atoms with E-state index in [1.54, 1.807) is 12.1 Å². The van der Waals surface area contributed by atoms with Crippen LogP contribution >= 0.6 is 27.5 Å². The van der Waals surface area contributed by atoms with Gasteiger partial charge in [0.1, 0.15) is 11.9 Å². The molecule has 0 bridgehead atoms. The molecule has 0 heterocycles. The van der Waals surface area contributed by atoms with Gasteiger partial charge in [0.05, 0.1) is 16.9 Å². The minimum Gasteiger partial charge on any atom is -0.487 e. The highest BCUT2D eigenvalue weighted by Gasteiger charge is 2.07. The summed E-state index contributed by atoms with van der Waals surface area (Å²) in [5.41, 5.74) is 0. The lowest BCUT2D eigenvalue weighted by Crippen LogP contribution is -2.34. The normalized spacial score (nSPS) is 11.9. The van der Waals surface area contributed by atoms with Gasteiger partial charge in [-0.15, -0.1) is 0 Å². The predicted molar refractivity (Wildman–Crippen MR) is 68.3 cm³/mol. The number of para-hydroxylation sites is 1. The van der Waals surface area contributed by atoms with E-state index in [-0.39, 0.29) is 12.0 Å². The molecule has 3 nitrogen and oxygen atoms in total. The number of nitrogens with one attached hydrogen (secondary N) is 1. The zero-order chi connectivity index (χ0) is 12.0. The van der Waals surface area contributed by atoms with Gasteiger partial charge >= 0.3 is 0 Å². The first-order valence-corrected chi connectivity index (χ1v) is 6.37. The molecule has 1 aromatic carbocycles. The van der Waals surface area contributed by atoms with Crippen LogP contribution in [0, 0.1) is 0 Å². The van der Waals surface area contributed by atoms with Gasteiger partial charge in [-0.3, -0.25) is 4.79 Å². The Bertz CT molecular complexity index is 360. The molecular formula is C11H13BrClNO2. The van der Waals surface area contributed by atoms with Gasteiger partial charge in [0, 0.05) is 0 Å². The quantitative estimate of drug-likeness (QED) is 0.849. The zero-order valence-electron chi connectivity index (χ0n) is 8.87. The molecule has 1 N–H and O–H groups in total. The molecule has 0 radical (unpaired) electrons. The third kappa shape index (κ3) is 4.41. The Morgan fingerprint density at radius 2 is 2.25 bits per heavy atom. The average Bonchev–Trinajstić information content (AvgIpc) is 2.29. The third-order valence-electron chi connectivity index (χ3n) is 1.87. The van der Waals surface area contributed by atoms with E-state index in [1.165, 1.54) is 0 Å². The highest BCUT2D eigenvalue weighted by molar-refractivity contribution is 9.09. The van der Waals surface area contributed by atoms with Gasteiger partial charge in [-0.05, 0) is 19.1 Å². The Balaban J connectivity index is 2.43. The summed E-state index contributed by atoms with van der Waals surface area (Å²) in [7, 11) is 0. The number of alkyl halides is 1. The van der Waals surface area contributed by atoms with Crippen LogP contribution < -0.4 is 10.1 Å². The predicted octanol–water partition coefficient (Wildman–Crippen LogP) is 2.62. The van der Waals surface area contributed by atoms with Crippen molar-refractivity contribution < 1.29 is 9.53 Å². The van der Waals surface area contributed by atoms with Crippen molar-refractivity contribution in [3.8, 4) is 5.75 Å². The Labute approximate surface area is 108 Å². The van der Waals surface area contributed by atoms with Gasteiger partial charge in [-0.1, -0.05) is 39.7 Å².